The molecule has 3 N–H and O–H groups in total. The molecule has 3 aromatic rings. The van der Waals surface area contributed by atoms with Gasteiger partial charge in [-0.1, -0.05) is 6.07 Å². The first kappa shape index (κ1) is 15.1. The van der Waals surface area contributed by atoms with Gasteiger partial charge in [-0.15, -0.1) is 0 Å². The summed E-state index contributed by atoms with van der Waals surface area (Å²) in [5.41, 5.74) is 9.27. The number of fused-ring (bicyclic) bond motifs is 1. The van der Waals surface area contributed by atoms with Crippen molar-refractivity contribution in [2.45, 2.75) is 38.3 Å². The summed E-state index contributed by atoms with van der Waals surface area (Å²) in [5.74, 6) is 0.602. The lowest BCUT2D eigenvalue weighted by molar-refractivity contribution is 0.628. The topological polar surface area (TPSA) is 68.2 Å². The van der Waals surface area contributed by atoms with Gasteiger partial charge in [0, 0.05) is 29.8 Å². The van der Waals surface area contributed by atoms with E-state index in [4.69, 9.17) is 5.73 Å². The monoisotopic (exact) mass is 325 g/mol. The minimum atomic E-state index is -0.262. The van der Waals surface area contributed by atoms with E-state index < -0.39 is 0 Å². The van der Waals surface area contributed by atoms with Gasteiger partial charge in [-0.3, -0.25) is 0 Å². The number of hydrogen-bond donors (Lipinski definition) is 2. The summed E-state index contributed by atoms with van der Waals surface area (Å²) in [6, 6.07) is 9.14. The van der Waals surface area contributed by atoms with Crippen LogP contribution in [0.5, 0.6) is 0 Å². The summed E-state index contributed by atoms with van der Waals surface area (Å²) >= 11 is 0. The Bertz CT molecular complexity index is 888. The summed E-state index contributed by atoms with van der Waals surface area (Å²) in [6.45, 7) is 1.96. The summed E-state index contributed by atoms with van der Waals surface area (Å²) in [6.07, 6.45) is 4.73. The third-order valence-corrected chi connectivity index (χ3v) is 4.66. The first-order valence-electron chi connectivity index (χ1n) is 8.23. The average Bonchev–Trinajstić information content (AvgIpc) is 3.18. The zero-order valence-corrected chi connectivity index (χ0v) is 13.5. The first-order chi connectivity index (χ1) is 11.6. The molecular weight excluding hydrogens is 305 g/mol. The lowest BCUT2D eigenvalue weighted by Gasteiger charge is -2.16. The Kier molecular flexibility index (Phi) is 3.69. The van der Waals surface area contributed by atoms with Crippen LogP contribution in [0.15, 0.2) is 36.5 Å². The average molecular weight is 325 g/mol. The maximum atomic E-state index is 13.7. The predicted molar refractivity (Wildman–Crippen MR) is 92.4 cm³/mol. The molecule has 0 bridgehead atoms. The molecule has 1 aromatic carbocycles. The van der Waals surface area contributed by atoms with Crippen LogP contribution in [0.1, 0.15) is 24.8 Å². The van der Waals surface area contributed by atoms with Gasteiger partial charge < -0.3 is 11.1 Å². The zero-order chi connectivity index (χ0) is 16.7. The molecule has 0 saturated heterocycles. The Morgan fingerprint density at radius 2 is 2.12 bits per heavy atom. The van der Waals surface area contributed by atoms with E-state index in [9.17, 15) is 4.39 Å². The highest BCUT2D eigenvalue weighted by atomic mass is 19.1. The molecule has 0 amide bonds. The molecule has 0 spiro atoms. The Morgan fingerprint density at radius 1 is 1.25 bits per heavy atom. The van der Waals surface area contributed by atoms with Gasteiger partial charge in [0.1, 0.15) is 11.6 Å². The van der Waals surface area contributed by atoms with E-state index in [2.05, 4.69) is 15.4 Å². The minimum absolute atomic E-state index is 0.252. The van der Waals surface area contributed by atoms with E-state index in [1.807, 2.05) is 19.1 Å². The fraction of sp³-hybridized carbons (Fsp3) is 0.333. The van der Waals surface area contributed by atoms with Crippen molar-refractivity contribution in [1.82, 2.24) is 14.6 Å². The van der Waals surface area contributed by atoms with Crippen molar-refractivity contribution in [2.75, 3.05) is 5.32 Å². The van der Waals surface area contributed by atoms with E-state index in [0.717, 1.165) is 47.5 Å². The summed E-state index contributed by atoms with van der Waals surface area (Å²) < 4.78 is 15.5. The SMILES string of the molecule is Cc1ccc(F)cc1-c1cc(N[C@H]2CC[C@H](N)C2)n2nccc2n1. The zero-order valence-electron chi connectivity index (χ0n) is 13.5. The number of nitrogens with one attached hydrogen (secondary N) is 1. The largest absolute Gasteiger partial charge is 0.367 e. The minimum Gasteiger partial charge on any atom is -0.367 e. The second kappa shape index (κ2) is 5.87. The van der Waals surface area contributed by atoms with Crippen molar-refractivity contribution < 1.29 is 4.39 Å². The maximum Gasteiger partial charge on any atom is 0.157 e. The number of aryl methyl sites for hydroxylation is 1. The fourth-order valence-corrected chi connectivity index (χ4v) is 3.38. The summed E-state index contributed by atoms with van der Waals surface area (Å²) in [4.78, 5) is 4.63. The lowest BCUT2D eigenvalue weighted by Crippen LogP contribution is -2.22. The summed E-state index contributed by atoms with van der Waals surface area (Å²) in [7, 11) is 0. The van der Waals surface area contributed by atoms with Crippen LogP contribution < -0.4 is 11.1 Å². The third-order valence-electron chi connectivity index (χ3n) is 4.66. The molecule has 4 rings (SSSR count). The quantitative estimate of drug-likeness (QED) is 0.776. The lowest BCUT2D eigenvalue weighted by atomic mass is 10.1. The molecule has 124 valence electrons. The highest BCUT2D eigenvalue weighted by molar-refractivity contribution is 5.69. The van der Waals surface area contributed by atoms with Crippen LogP contribution in [0, 0.1) is 12.7 Å². The van der Waals surface area contributed by atoms with Gasteiger partial charge in [0.05, 0.1) is 11.9 Å². The smallest absolute Gasteiger partial charge is 0.157 e. The van der Waals surface area contributed by atoms with Gasteiger partial charge in [0.2, 0.25) is 0 Å². The van der Waals surface area contributed by atoms with Gasteiger partial charge in [0.25, 0.3) is 0 Å². The molecule has 0 radical (unpaired) electrons. The van der Waals surface area contributed by atoms with E-state index >= 15 is 0 Å². The molecule has 1 fully saturated rings. The maximum absolute atomic E-state index is 13.7. The normalized spacial score (nSPS) is 20.6. The molecule has 6 heteroatoms. The van der Waals surface area contributed by atoms with Crippen LogP contribution in [-0.4, -0.2) is 26.7 Å². The Labute approximate surface area is 139 Å². The molecule has 0 unspecified atom stereocenters. The molecule has 1 aliphatic rings. The highest BCUT2D eigenvalue weighted by Gasteiger charge is 2.22. The van der Waals surface area contributed by atoms with Crippen LogP contribution >= 0.6 is 0 Å². The Morgan fingerprint density at radius 3 is 2.92 bits per heavy atom. The van der Waals surface area contributed by atoms with E-state index in [-0.39, 0.29) is 11.9 Å². The van der Waals surface area contributed by atoms with Crippen molar-refractivity contribution in [3.63, 3.8) is 0 Å². The molecule has 24 heavy (non-hydrogen) atoms. The predicted octanol–water partition coefficient (Wildman–Crippen LogP) is 3.14. The number of nitrogens with two attached hydrogens (primary N) is 1. The van der Waals surface area contributed by atoms with Crippen LogP contribution in [-0.2, 0) is 0 Å². The second-order valence-corrected chi connectivity index (χ2v) is 6.50. The van der Waals surface area contributed by atoms with Crippen LogP contribution in [0.3, 0.4) is 0 Å². The fourth-order valence-electron chi connectivity index (χ4n) is 3.38. The van der Waals surface area contributed by atoms with E-state index in [0.29, 0.717) is 6.04 Å². The standard InChI is InChI=1S/C18H20FN5/c1-11-2-3-12(19)8-15(11)16-10-18(22-14-5-4-13(20)9-14)24-17(23-16)6-7-21-24/h2-3,6-8,10,13-14,22H,4-5,9,20H2,1H3/t13-,14-/m0/s1. The van der Waals surface area contributed by atoms with Crippen LogP contribution in [0.2, 0.25) is 0 Å². The highest BCUT2D eigenvalue weighted by Crippen LogP contribution is 2.28. The Balaban J connectivity index is 1.78. The molecular formula is C18H20FN5. The third kappa shape index (κ3) is 2.73. The van der Waals surface area contributed by atoms with Crippen LogP contribution in [0.4, 0.5) is 10.2 Å². The van der Waals surface area contributed by atoms with Gasteiger partial charge in [-0.2, -0.15) is 9.61 Å². The number of halogens is 1. The van der Waals surface area contributed by atoms with Gasteiger partial charge >= 0.3 is 0 Å². The molecule has 1 saturated carbocycles. The van der Waals surface area contributed by atoms with Gasteiger partial charge in [-0.25, -0.2) is 9.37 Å². The number of hydrogen-bond acceptors (Lipinski definition) is 4. The van der Waals surface area contributed by atoms with Crippen LogP contribution in [0.25, 0.3) is 16.9 Å². The van der Waals surface area contributed by atoms with Crippen molar-refractivity contribution in [1.29, 1.82) is 0 Å². The van der Waals surface area contributed by atoms with Crippen molar-refractivity contribution >= 4 is 11.5 Å². The van der Waals surface area contributed by atoms with Gasteiger partial charge in [-0.05, 0) is 43.9 Å². The molecule has 2 aromatic heterocycles. The summed E-state index contributed by atoms with van der Waals surface area (Å²) in [5, 5.41) is 7.87. The molecule has 0 aliphatic heterocycles. The molecule has 1 aliphatic carbocycles. The molecule has 2 heterocycles. The first-order valence-corrected chi connectivity index (χ1v) is 8.23. The Hall–Kier alpha value is -2.47. The van der Waals surface area contributed by atoms with Gasteiger partial charge in [0.15, 0.2) is 5.65 Å². The molecule has 5 nitrogen and oxygen atoms in total. The number of rotatable bonds is 3. The van der Waals surface area contributed by atoms with Crippen molar-refractivity contribution in [3.05, 3.63) is 47.9 Å². The number of nitrogens with zero attached hydrogens (tertiary/aromatic N) is 3. The second-order valence-electron chi connectivity index (χ2n) is 6.50. The van der Waals surface area contributed by atoms with E-state index in [1.54, 1.807) is 16.8 Å². The van der Waals surface area contributed by atoms with Crippen molar-refractivity contribution in [3.8, 4) is 11.3 Å². The molecule has 2 atom stereocenters. The van der Waals surface area contributed by atoms with E-state index in [1.165, 1.54) is 12.1 Å². The van der Waals surface area contributed by atoms with Crippen molar-refractivity contribution in [2.24, 2.45) is 5.73 Å². The number of benzene rings is 1. The number of anilines is 1. The number of aromatic nitrogens is 3.